The molecule has 0 amide bonds. The maximum Gasteiger partial charge on any atom is 0.332 e. The van der Waals surface area contributed by atoms with E-state index in [2.05, 4.69) is 5.16 Å². The Balaban J connectivity index is 1.68. The highest BCUT2D eigenvalue weighted by molar-refractivity contribution is 6.51. The van der Waals surface area contributed by atoms with Crippen molar-refractivity contribution in [3.05, 3.63) is 124 Å². The van der Waals surface area contributed by atoms with Crippen molar-refractivity contribution in [2.75, 3.05) is 0 Å². The molecule has 0 N–H and O–H groups in total. The number of carbonyl (C=O) groups is 2. The minimum atomic E-state index is -0.651. The lowest BCUT2D eigenvalue weighted by molar-refractivity contribution is -0.384. The van der Waals surface area contributed by atoms with Crippen molar-refractivity contribution in [3.63, 3.8) is 0 Å². The van der Waals surface area contributed by atoms with Gasteiger partial charge in [-0.15, -0.1) is 0 Å². The molecule has 0 saturated carbocycles. The van der Waals surface area contributed by atoms with Crippen LogP contribution < -0.4 is 0 Å². The van der Waals surface area contributed by atoms with Gasteiger partial charge in [0.25, 0.3) is 5.69 Å². The van der Waals surface area contributed by atoms with E-state index in [1.165, 1.54) is 19.1 Å². The van der Waals surface area contributed by atoms with Gasteiger partial charge in [-0.05, 0) is 35.9 Å². The SMILES string of the molecule is CC(=O)ON=C(C(=O)c1ccc2c(c1)c1cc([N+](=O)[O-])ccc1n2C=Cc1ccccc1)c1ccccc1. The molecule has 0 aliphatic heterocycles. The summed E-state index contributed by atoms with van der Waals surface area (Å²) < 4.78 is 1.93. The Kier molecular flexibility index (Phi) is 6.61. The number of hydrogen-bond donors (Lipinski definition) is 0. The zero-order valence-corrected chi connectivity index (χ0v) is 20.3. The number of fused-ring (bicyclic) bond motifs is 3. The van der Waals surface area contributed by atoms with Crippen LogP contribution in [0.1, 0.15) is 28.4 Å². The highest BCUT2D eigenvalue weighted by atomic mass is 16.7. The molecule has 0 aliphatic carbocycles. The number of oxime groups is 1. The summed E-state index contributed by atoms with van der Waals surface area (Å²) >= 11 is 0. The van der Waals surface area contributed by atoms with Gasteiger partial charge in [0.2, 0.25) is 5.78 Å². The number of Topliss-reactive ketones (excluding diaryl/α,β-unsaturated/α-hetero) is 1. The number of non-ortho nitro benzene ring substituents is 1. The van der Waals surface area contributed by atoms with Crippen LogP contribution in [0, 0.1) is 10.1 Å². The van der Waals surface area contributed by atoms with Crippen LogP contribution >= 0.6 is 0 Å². The van der Waals surface area contributed by atoms with E-state index in [0.717, 1.165) is 16.6 Å². The number of nitro groups is 1. The molecule has 0 aliphatic rings. The molecule has 0 bridgehead atoms. The van der Waals surface area contributed by atoms with Gasteiger partial charge >= 0.3 is 5.97 Å². The largest absolute Gasteiger partial charge is 0.332 e. The Bertz CT molecular complexity index is 1750. The standard InChI is InChI=1S/C30H21N3O5/c1-20(34)38-31-29(22-10-6-3-7-11-22)30(35)23-12-14-27-25(18-23)26-19-24(33(36)37)13-15-28(26)32(27)17-16-21-8-4-2-5-9-21/h2-19H,1H3. The highest BCUT2D eigenvalue weighted by Gasteiger charge is 2.21. The second kappa shape index (κ2) is 10.3. The monoisotopic (exact) mass is 503 g/mol. The maximum atomic E-state index is 13.6. The van der Waals surface area contributed by atoms with Crippen LogP contribution in [0.4, 0.5) is 5.69 Å². The first-order chi connectivity index (χ1) is 18.4. The van der Waals surface area contributed by atoms with Gasteiger partial charge in [0.15, 0.2) is 5.71 Å². The zero-order valence-electron chi connectivity index (χ0n) is 20.3. The van der Waals surface area contributed by atoms with Crippen molar-refractivity contribution >= 4 is 57.2 Å². The molecule has 0 fully saturated rings. The topological polar surface area (TPSA) is 104 Å². The molecule has 4 aromatic carbocycles. The molecule has 0 saturated heterocycles. The van der Waals surface area contributed by atoms with Crippen molar-refractivity contribution in [1.29, 1.82) is 0 Å². The maximum absolute atomic E-state index is 13.6. The van der Waals surface area contributed by atoms with Crippen molar-refractivity contribution in [3.8, 4) is 0 Å². The molecule has 1 aromatic heterocycles. The van der Waals surface area contributed by atoms with Crippen molar-refractivity contribution < 1.29 is 19.3 Å². The van der Waals surface area contributed by atoms with E-state index in [4.69, 9.17) is 4.84 Å². The molecular weight excluding hydrogens is 482 g/mol. The Morgan fingerprint density at radius 3 is 2.13 bits per heavy atom. The lowest BCUT2D eigenvalue weighted by Gasteiger charge is -2.06. The van der Waals surface area contributed by atoms with Crippen LogP contribution in [0.25, 0.3) is 34.1 Å². The summed E-state index contributed by atoms with van der Waals surface area (Å²) in [6.45, 7) is 1.20. The van der Waals surface area contributed by atoms with Gasteiger partial charge in [-0.1, -0.05) is 65.8 Å². The van der Waals surface area contributed by atoms with Crippen molar-refractivity contribution in [2.24, 2.45) is 5.16 Å². The average molecular weight is 504 g/mol. The lowest BCUT2D eigenvalue weighted by atomic mass is 9.99. The third-order valence-corrected chi connectivity index (χ3v) is 6.00. The minimum absolute atomic E-state index is 0.0288. The van der Waals surface area contributed by atoms with Crippen LogP contribution in [-0.2, 0) is 9.63 Å². The van der Waals surface area contributed by atoms with Crippen LogP contribution in [0.5, 0.6) is 0 Å². The normalized spacial score (nSPS) is 11.8. The van der Waals surface area contributed by atoms with Crippen LogP contribution in [0.3, 0.4) is 0 Å². The summed E-state index contributed by atoms with van der Waals surface area (Å²) in [7, 11) is 0. The molecule has 0 radical (unpaired) electrons. The fourth-order valence-electron chi connectivity index (χ4n) is 4.25. The number of nitrogens with zero attached hydrogens (tertiary/aromatic N) is 3. The van der Waals surface area contributed by atoms with Crippen molar-refractivity contribution in [2.45, 2.75) is 6.92 Å². The number of rotatable bonds is 7. The summed E-state index contributed by atoms with van der Waals surface area (Å²) in [5.41, 5.74) is 3.21. The molecule has 0 unspecified atom stereocenters. The molecule has 8 nitrogen and oxygen atoms in total. The van der Waals surface area contributed by atoms with E-state index in [0.29, 0.717) is 21.9 Å². The van der Waals surface area contributed by atoms with Gasteiger partial charge in [0.1, 0.15) is 0 Å². The first-order valence-electron chi connectivity index (χ1n) is 11.7. The van der Waals surface area contributed by atoms with Crippen LogP contribution in [0.2, 0.25) is 0 Å². The van der Waals surface area contributed by atoms with Crippen LogP contribution in [-0.4, -0.2) is 27.0 Å². The third-order valence-electron chi connectivity index (χ3n) is 6.00. The minimum Gasteiger partial charge on any atom is -0.318 e. The summed E-state index contributed by atoms with van der Waals surface area (Å²) in [5, 5.41) is 16.6. The number of carbonyl (C=O) groups excluding carboxylic acids is 2. The third kappa shape index (κ3) is 4.83. The number of hydrogen-bond acceptors (Lipinski definition) is 6. The quantitative estimate of drug-likeness (QED) is 0.0831. The summed E-state index contributed by atoms with van der Waals surface area (Å²) in [6.07, 6.45) is 3.84. The van der Waals surface area contributed by atoms with E-state index in [1.54, 1.807) is 54.6 Å². The molecule has 5 aromatic rings. The average Bonchev–Trinajstić information content (AvgIpc) is 3.25. The number of nitro benzene ring substituents is 1. The van der Waals surface area contributed by atoms with Gasteiger partial charge in [0, 0.05) is 47.2 Å². The number of ketones is 1. The predicted molar refractivity (Wildman–Crippen MR) is 147 cm³/mol. The van der Waals surface area contributed by atoms with Gasteiger partial charge < -0.3 is 9.40 Å². The van der Waals surface area contributed by atoms with Gasteiger partial charge in [0.05, 0.1) is 16.0 Å². The fraction of sp³-hybridized carbons (Fsp3) is 0.0333. The number of aromatic nitrogens is 1. The number of benzene rings is 4. The molecule has 38 heavy (non-hydrogen) atoms. The Hall–Kier alpha value is -5.37. The molecular formula is C30H21N3O5. The fourth-order valence-corrected chi connectivity index (χ4v) is 4.25. The molecule has 186 valence electrons. The molecule has 1 heterocycles. The summed E-state index contributed by atoms with van der Waals surface area (Å²) in [5.74, 6) is -1.10. The molecule has 0 atom stereocenters. The van der Waals surface area contributed by atoms with E-state index >= 15 is 0 Å². The summed E-state index contributed by atoms with van der Waals surface area (Å²) in [4.78, 5) is 40.9. The second-order valence-electron chi connectivity index (χ2n) is 8.50. The van der Waals surface area contributed by atoms with Gasteiger partial charge in [-0.3, -0.25) is 14.9 Å². The summed E-state index contributed by atoms with van der Waals surface area (Å²) in [6, 6.07) is 28.2. The molecule has 0 spiro atoms. The van der Waals surface area contributed by atoms with Gasteiger partial charge in [-0.2, -0.15) is 0 Å². The zero-order chi connectivity index (χ0) is 26.6. The van der Waals surface area contributed by atoms with Crippen LogP contribution in [0.15, 0.2) is 102 Å². The van der Waals surface area contributed by atoms with E-state index in [-0.39, 0.29) is 11.4 Å². The van der Waals surface area contributed by atoms with E-state index in [9.17, 15) is 19.7 Å². The second-order valence-corrected chi connectivity index (χ2v) is 8.50. The Labute approximate surface area is 217 Å². The first kappa shape index (κ1) is 24.3. The predicted octanol–water partition coefficient (Wildman–Crippen LogP) is 6.48. The van der Waals surface area contributed by atoms with Crippen molar-refractivity contribution in [1.82, 2.24) is 4.57 Å². The highest BCUT2D eigenvalue weighted by Crippen LogP contribution is 2.33. The van der Waals surface area contributed by atoms with E-state index < -0.39 is 16.7 Å². The lowest BCUT2D eigenvalue weighted by Crippen LogP contribution is -2.17. The van der Waals surface area contributed by atoms with E-state index in [1.807, 2.05) is 47.2 Å². The first-order valence-corrected chi connectivity index (χ1v) is 11.7. The molecule has 5 rings (SSSR count). The Morgan fingerprint density at radius 1 is 0.842 bits per heavy atom. The smallest absolute Gasteiger partial charge is 0.318 e. The van der Waals surface area contributed by atoms with Gasteiger partial charge in [-0.25, -0.2) is 4.79 Å². The Morgan fingerprint density at radius 2 is 1.47 bits per heavy atom. The molecule has 8 heteroatoms.